The fourth-order valence-corrected chi connectivity index (χ4v) is 3.64. The minimum atomic E-state index is 0.0786. The second-order valence-corrected chi connectivity index (χ2v) is 7.69. The van der Waals surface area contributed by atoms with Crippen LogP contribution in [-0.4, -0.2) is 47.9 Å². The lowest BCUT2D eigenvalue weighted by Gasteiger charge is -2.37. The van der Waals surface area contributed by atoms with Crippen molar-refractivity contribution in [2.24, 2.45) is 0 Å². The van der Waals surface area contributed by atoms with Crippen molar-refractivity contribution in [3.05, 3.63) is 64.1 Å². The molecule has 1 saturated heterocycles. The van der Waals surface area contributed by atoms with Gasteiger partial charge in [0.2, 0.25) is 0 Å². The van der Waals surface area contributed by atoms with Crippen LogP contribution in [0.5, 0.6) is 5.75 Å². The van der Waals surface area contributed by atoms with Crippen LogP contribution < -0.4 is 4.74 Å². The SMILES string of the molecule is CC(C)N1CCN(C(=O)c2ccc(OCc3ccccc3)cc2Br)CC1. The molecule has 3 rings (SSSR count). The van der Waals surface area contributed by atoms with Crippen LogP contribution in [0.3, 0.4) is 0 Å². The summed E-state index contributed by atoms with van der Waals surface area (Å²) >= 11 is 3.54. The molecule has 0 bridgehead atoms. The topological polar surface area (TPSA) is 32.8 Å². The van der Waals surface area contributed by atoms with Crippen molar-refractivity contribution in [3.8, 4) is 5.75 Å². The summed E-state index contributed by atoms with van der Waals surface area (Å²) in [5, 5.41) is 0. The van der Waals surface area contributed by atoms with Crippen molar-refractivity contribution >= 4 is 21.8 Å². The Morgan fingerprint density at radius 2 is 1.77 bits per heavy atom. The molecule has 1 fully saturated rings. The molecular weight excluding hydrogens is 392 g/mol. The number of hydrogen-bond acceptors (Lipinski definition) is 3. The molecule has 0 aromatic heterocycles. The number of carbonyl (C=O) groups excluding carboxylic acids is 1. The van der Waals surface area contributed by atoms with E-state index in [1.807, 2.05) is 53.4 Å². The molecule has 0 aliphatic carbocycles. The number of nitrogens with zero attached hydrogens (tertiary/aromatic N) is 2. The molecule has 0 N–H and O–H groups in total. The number of halogens is 1. The molecule has 0 spiro atoms. The summed E-state index contributed by atoms with van der Waals surface area (Å²) in [6.07, 6.45) is 0. The normalized spacial score (nSPS) is 15.3. The molecule has 1 heterocycles. The second-order valence-electron chi connectivity index (χ2n) is 6.84. The molecule has 4 nitrogen and oxygen atoms in total. The van der Waals surface area contributed by atoms with Crippen molar-refractivity contribution in [1.29, 1.82) is 0 Å². The first-order valence-corrected chi connectivity index (χ1v) is 9.83. The summed E-state index contributed by atoms with van der Waals surface area (Å²) < 4.78 is 6.61. The summed E-state index contributed by atoms with van der Waals surface area (Å²) in [5.41, 5.74) is 1.81. The third-order valence-electron chi connectivity index (χ3n) is 4.75. The van der Waals surface area contributed by atoms with E-state index in [-0.39, 0.29) is 5.91 Å². The average molecular weight is 417 g/mol. The van der Waals surface area contributed by atoms with Gasteiger partial charge < -0.3 is 9.64 Å². The summed E-state index contributed by atoms with van der Waals surface area (Å²) in [7, 11) is 0. The largest absolute Gasteiger partial charge is 0.489 e. The van der Waals surface area contributed by atoms with Gasteiger partial charge in [0.15, 0.2) is 0 Å². The van der Waals surface area contributed by atoms with E-state index in [1.165, 1.54) is 0 Å². The molecule has 2 aromatic rings. The lowest BCUT2D eigenvalue weighted by molar-refractivity contribution is 0.0594. The average Bonchev–Trinajstić information content (AvgIpc) is 2.67. The van der Waals surface area contributed by atoms with Gasteiger partial charge in [0.25, 0.3) is 5.91 Å². The molecule has 1 aliphatic rings. The Kier molecular flexibility index (Phi) is 6.33. The second kappa shape index (κ2) is 8.69. The van der Waals surface area contributed by atoms with E-state index in [9.17, 15) is 4.79 Å². The van der Waals surface area contributed by atoms with Crippen LogP contribution in [0.15, 0.2) is 53.0 Å². The summed E-state index contributed by atoms with van der Waals surface area (Å²) in [6, 6.07) is 16.2. The molecule has 0 radical (unpaired) electrons. The molecule has 0 atom stereocenters. The zero-order chi connectivity index (χ0) is 18.5. The van der Waals surface area contributed by atoms with Crippen molar-refractivity contribution in [2.45, 2.75) is 26.5 Å². The van der Waals surface area contributed by atoms with Crippen LogP contribution in [-0.2, 0) is 6.61 Å². The molecule has 2 aromatic carbocycles. The third-order valence-corrected chi connectivity index (χ3v) is 5.41. The first-order chi connectivity index (χ1) is 12.5. The van der Waals surface area contributed by atoms with Gasteiger partial charge in [0.05, 0.1) is 5.56 Å². The van der Waals surface area contributed by atoms with E-state index < -0.39 is 0 Å². The van der Waals surface area contributed by atoms with E-state index in [0.29, 0.717) is 18.2 Å². The van der Waals surface area contributed by atoms with Crippen LogP contribution in [0.25, 0.3) is 0 Å². The fourth-order valence-electron chi connectivity index (χ4n) is 3.11. The van der Waals surface area contributed by atoms with Crippen LogP contribution in [0, 0.1) is 0 Å². The fraction of sp³-hybridized carbons (Fsp3) is 0.381. The zero-order valence-corrected chi connectivity index (χ0v) is 16.9. The van der Waals surface area contributed by atoms with E-state index >= 15 is 0 Å². The highest BCUT2D eigenvalue weighted by atomic mass is 79.9. The molecule has 5 heteroatoms. The highest BCUT2D eigenvalue weighted by Crippen LogP contribution is 2.25. The minimum Gasteiger partial charge on any atom is -0.489 e. The van der Waals surface area contributed by atoms with Crippen molar-refractivity contribution < 1.29 is 9.53 Å². The number of piperazine rings is 1. The number of ether oxygens (including phenoxy) is 1. The standard InChI is InChI=1S/C21H25BrN2O2/c1-16(2)23-10-12-24(13-11-23)21(25)19-9-8-18(14-20(19)22)26-15-17-6-4-3-5-7-17/h3-9,14,16H,10-13,15H2,1-2H3. The van der Waals surface area contributed by atoms with Gasteiger partial charge in [-0.1, -0.05) is 30.3 Å². The minimum absolute atomic E-state index is 0.0786. The van der Waals surface area contributed by atoms with Gasteiger partial charge in [0, 0.05) is 36.7 Å². The van der Waals surface area contributed by atoms with Gasteiger partial charge in [-0.25, -0.2) is 0 Å². The molecule has 26 heavy (non-hydrogen) atoms. The summed E-state index contributed by atoms with van der Waals surface area (Å²) in [5.74, 6) is 0.830. The predicted octanol–water partition coefficient (Wildman–Crippen LogP) is 4.19. The Bertz CT molecular complexity index is 741. The van der Waals surface area contributed by atoms with E-state index in [1.54, 1.807) is 0 Å². The van der Waals surface area contributed by atoms with Gasteiger partial charge in [-0.05, 0) is 53.5 Å². The van der Waals surface area contributed by atoms with Crippen LogP contribution >= 0.6 is 15.9 Å². The molecule has 1 aliphatic heterocycles. The lowest BCUT2D eigenvalue weighted by Crippen LogP contribution is -2.50. The third kappa shape index (κ3) is 4.65. The number of benzene rings is 2. The van der Waals surface area contributed by atoms with Gasteiger partial charge >= 0.3 is 0 Å². The highest BCUT2D eigenvalue weighted by molar-refractivity contribution is 9.10. The van der Waals surface area contributed by atoms with Gasteiger partial charge in [-0.15, -0.1) is 0 Å². The van der Waals surface area contributed by atoms with Gasteiger partial charge in [-0.2, -0.15) is 0 Å². The lowest BCUT2D eigenvalue weighted by atomic mass is 10.1. The maximum atomic E-state index is 12.8. The van der Waals surface area contributed by atoms with Crippen molar-refractivity contribution in [2.75, 3.05) is 26.2 Å². The number of hydrogen-bond donors (Lipinski definition) is 0. The maximum Gasteiger partial charge on any atom is 0.255 e. The van der Waals surface area contributed by atoms with E-state index in [4.69, 9.17) is 4.74 Å². The number of amides is 1. The molecular formula is C21H25BrN2O2. The van der Waals surface area contributed by atoms with Crippen LogP contribution in [0.4, 0.5) is 0 Å². The van der Waals surface area contributed by atoms with E-state index in [2.05, 4.69) is 34.7 Å². The first kappa shape index (κ1) is 18.9. The van der Waals surface area contributed by atoms with Crippen LogP contribution in [0.2, 0.25) is 0 Å². The Morgan fingerprint density at radius 1 is 1.08 bits per heavy atom. The molecule has 0 saturated carbocycles. The Morgan fingerprint density at radius 3 is 2.38 bits per heavy atom. The number of rotatable bonds is 5. The Labute approximate surface area is 163 Å². The van der Waals surface area contributed by atoms with E-state index in [0.717, 1.165) is 42.0 Å². The summed E-state index contributed by atoms with van der Waals surface area (Å²) in [4.78, 5) is 17.2. The molecule has 1 amide bonds. The highest BCUT2D eigenvalue weighted by Gasteiger charge is 2.24. The Hall–Kier alpha value is -1.85. The maximum absolute atomic E-state index is 12.8. The number of carbonyl (C=O) groups is 1. The summed E-state index contributed by atoms with van der Waals surface area (Å²) in [6.45, 7) is 8.31. The predicted molar refractivity (Wildman–Crippen MR) is 108 cm³/mol. The van der Waals surface area contributed by atoms with Gasteiger partial charge in [0.1, 0.15) is 12.4 Å². The quantitative estimate of drug-likeness (QED) is 0.732. The van der Waals surface area contributed by atoms with Crippen LogP contribution in [0.1, 0.15) is 29.8 Å². The molecule has 138 valence electrons. The zero-order valence-electron chi connectivity index (χ0n) is 15.3. The van der Waals surface area contributed by atoms with Crippen molar-refractivity contribution in [1.82, 2.24) is 9.80 Å². The smallest absolute Gasteiger partial charge is 0.255 e. The van der Waals surface area contributed by atoms with Crippen molar-refractivity contribution in [3.63, 3.8) is 0 Å². The monoisotopic (exact) mass is 416 g/mol. The molecule has 0 unspecified atom stereocenters. The first-order valence-electron chi connectivity index (χ1n) is 9.04. The van der Waals surface area contributed by atoms with Gasteiger partial charge in [-0.3, -0.25) is 9.69 Å². The Balaban J connectivity index is 1.61.